The highest BCUT2D eigenvalue weighted by molar-refractivity contribution is 7.22. The Labute approximate surface area is 72.8 Å². The normalized spacial score (nSPS) is 10.8. The summed E-state index contributed by atoms with van der Waals surface area (Å²) in [5.41, 5.74) is 7.01. The number of thiazole rings is 1. The van der Waals surface area contributed by atoms with Gasteiger partial charge in [0.25, 0.3) is 0 Å². The van der Waals surface area contributed by atoms with Crippen molar-refractivity contribution in [3.63, 3.8) is 0 Å². The maximum Gasteiger partial charge on any atom is 0.181 e. The summed E-state index contributed by atoms with van der Waals surface area (Å²) in [7, 11) is 0. The van der Waals surface area contributed by atoms with Gasteiger partial charge in [-0.3, -0.25) is 0 Å². The topological polar surface area (TPSA) is 38.9 Å². The number of nitrogen functional groups attached to an aromatic ring is 1. The van der Waals surface area contributed by atoms with Gasteiger partial charge in [0.15, 0.2) is 5.13 Å². The number of nitrogens with two attached hydrogens (primary N) is 1. The summed E-state index contributed by atoms with van der Waals surface area (Å²) in [6.07, 6.45) is 0. The molecule has 2 rings (SSSR count). The number of nitrogens with zero attached hydrogens (tertiary/aromatic N) is 1. The Kier molecular flexibility index (Phi) is 1.69. The minimum absolute atomic E-state index is 0.437. The van der Waals surface area contributed by atoms with E-state index >= 15 is 0 Å². The zero-order chi connectivity index (χ0) is 8.55. The maximum atomic E-state index is 12.2. The van der Waals surface area contributed by atoms with Crippen molar-refractivity contribution >= 4 is 26.7 Å². The van der Waals surface area contributed by atoms with Crippen molar-refractivity contribution in [1.82, 2.24) is 4.98 Å². The second kappa shape index (κ2) is 2.71. The van der Waals surface area contributed by atoms with Gasteiger partial charge in [-0.1, -0.05) is 17.4 Å². The summed E-state index contributed by atoms with van der Waals surface area (Å²) in [6.45, 7) is -0.437. The third kappa shape index (κ3) is 1.14. The molecule has 62 valence electrons. The minimum Gasteiger partial charge on any atom is -0.375 e. The number of aromatic nitrogens is 1. The van der Waals surface area contributed by atoms with Gasteiger partial charge in [0, 0.05) is 0 Å². The Bertz CT molecular complexity index is 410. The molecule has 0 radical (unpaired) electrons. The van der Waals surface area contributed by atoms with E-state index in [-0.39, 0.29) is 0 Å². The first-order valence-corrected chi connectivity index (χ1v) is 4.32. The van der Waals surface area contributed by atoms with Gasteiger partial charge in [0.05, 0.1) is 10.2 Å². The first kappa shape index (κ1) is 7.49. The van der Waals surface area contributed by atoms with Crippen LogP contribution in [0.2, 0.25) is 0 Å². The number of hydrogen-bond donors (Lipinski definition) is 1. The summed E-state index contributed by atoms with van der Waals surface area (Å²) in [5.74, 6) is 0. The van der Waals surface area contributed by atoms with Crippen LogP contribution in [0.3, 0.4) is 0 Å². The van der Waals surface area contributed by atoms with Crippen molar-refractivity contribution < 1.29 is 4.39 Å². The molecule has 1 aromatic carbocycles. The Morgan fingerprint density at radius 1 is 1.50 bits per heavy atom. The van der Waals surface area contributed by atoms with E-state index in [1.54, 1.807) is 18.2 Å². The van der Waals surface area contributed by atoms with E-state index in [0.717, 1.165) is 10.2 Å². The lowest BCUT2D eigenvalue weighted by Crippen LogP contribution is -1.79. The number of anilines is 1. The van der Waals surface area contributed by atoms with Crippen LogP contribution in [0.1, 0.15) is 5.56 Å². The Morgan fingerprint density at radius 2 is 2.33 bits per heavy atom. The molecule has 0 aliphatic heterocycles. The fourth-order valence-corrected chi connectivity index (χ4v) is 1.87. The van der Waals surface area contributed by atoms with Crippen LogP contribution in [0.4, 0.5) is 9.52 Å². The van der Waals surface area contributed by atoms with Crippen LogP contribution in [-0.4, -0.2) is 4.98 Å². The molecule has 0 unspecified atom stereocenters. The Hall–Kier alpha value is -1.16. The lowest BCUT2D eigenvalue weighted by molar-refractivity contribution is 0.485. The molecule has 2 nitrogen and oxygen atoms in total. The van der Waals surface area contributed by atoms with Gasteiger partial charge in [0.1, 0.15) is 6.67 Å². The number of fused-ring (bicyclic) bond motifs is 1. The monoisotopic (exact) mass is 182 g/mol. The predicted octanol–water partition coefficient (Wildman–Crippen LogP) is 2.35. The van der Waals surface area contributed by atoms with E-state index in [0.29, 0.717) is 10.7 Å². The van der Waals surface area contributed by atoms with Gasteiger partial charge >= 0.3 is 0 Å². The van der Waals surface area contributed by atoms with Crippen LogP contribution in [0.25, 0.3) is 10.2 Å². The van der Waals surface area contributed by atoms with Crippen LogP contribution in [0.15, 0.2) is 18.2 Å². The number of halogens is 1. The average molecular weight is 182 g/mol. The fourth-order valence-electron chi connectivity index (χ4n) is 1.07. The molecule has 0 fully saturated rings. The summed E-state index contributed by atoms with van der Waals surface area (Å²) in [6, 6.07) is 5.29. The van der Waals surface area contributed by atoms with Crippen LogP contribution in [0.5, 0.6) is 0 Å². The van der Waals surface area contributed by atoms with E-state index in [9.17, 15) is 4.39 Å². The SMILES string of the molecule is Nc1nc2ccc(CF)cc2s1. The van der Waals surface area contributed by atoms with Gasteiger partial charge in [-0.15, -0.1) is 0 Å². The largest absolute Gasteiger partial charge is 0.375 e. The van der Waals surface area contributed by atoms with Gasteiger partial charge in [0.2, 0.25) is 0 Å². The van der Waals surface area contributed by atoms with Crippen molar-refractivity contribution in [1.29, 1.82) is 0 Å². The van der Waals surface area contributed by atoms with E-state index in [1.165, 1.54) is 11.3 Å². The maximum absolute atomic E-state index is 12.2. The van der Waals surface area contributed by atoms with Crippen LogP contribution in [-0.2, 0) is 6.67 Å². The molecule has 0 aliphatic carbocycles. The zero-order valence-electron chi connectivity index (χ0n) is 6.25. The van der Waals surface area contributed by atoms with Crippen molar-refractivity contribution in [3.8, 4) is 0 Å². The lowest BCUT2D eigenvalue weighted by Gasteiger charge is -1.91. The quantitative estimate of drug-likeness (QED) is 0.735. The smallest absolute Gasteiger partial charge is 0.181 e. The van der Waals surface area contributed by atoms with Crippen LogP contribution in [0, 0.1) is 0 Å². The van der Waals surface area contributed by atoms with Gasteiger partial charge in [-0.25, -0.2) is 9.37 Å². The summed E-state index contributed by atoms with van der Waals surface area (Å²) in [5, 5.41) is 0.529. The van der Waals surface area contributed by atoms with Gasteiger partial charge < -0.3 is 5.73 Å². The zero-order valence-corrected chi connectivity index (χ0v) is 7.07. The summed E-state index contributed by atoms with van der Waals surface area (Å²) >= 11 is 1.38. The third-order valence-corrected chi connectivity index (χ3v) is 2.47. The molecule has 0 bridgehead atoms. The molecule has 1 heterocycles. The van der Waals surface area contributed by atoms with E-state index in [1.807, 2.05) is 0 Å². The second-order valence-electron chi connectivity index (χ2n) is 2.49. The van der Waals surface area contributed by atoms with Crippen molar-refractivity contribution in [3.05, 3.63) is 23.8 Å². The Morgan fingerprint density at radius 3 is 3.08 bits per heavy atom. The molecule has 12 heavy (non-hydrogen) atoms. The lowest BCUT2D eigenvalue weighted by atomic mass is 10.2. The summed E-state index contributed by atoms with van der Waals surface area (Å²) in [4.78, 5) is 4.06. The van der Waals surface area contributed by atoms with Crippen molar-refractivity contribution in [2.75, 3.05) is 5.73 Å². The van der Waals surface area contributed by atoms with E-state index in [4.69, 9.17) is 5.73 Å². The fraction of sp³-hybridized carbons (Fsp3) is 0.125. The first-order valence-electron chi connectivity index (χ1n) is 3.50. The molecule has 0 saturated carbocycles. The Balaban J connectivity index is 2.66. The molecule has 0 aliphatic rings. The molecule has 0 spiro atoms. The predicted molar refractivity (Wildman–Crippen MR) is 48.8 cm³/mol. The van der Waals surface area contributed by atoms with Crippen LogP contribution < -0.4 is 5.73 Å². The van der Waals surface area contributed by atoms with Crippen molar-refractivity contribution in [2.45, 2.75) is 6.67 Å². The van der Waals surface area contributed by atoms with Crippen molar-refractivity contribution in [2.24, 2.45) is 0 Å². The summed E-state index contributed by atoms with van der Waals surface area (Å²) < 4.78 is 13.2. The molecular formula is C8H7FN2S. The first-order chi connectivity index (χ1) is 5.79. The highest BCUT2D eigenvalue weighted by Crippen LogP contribution is 2.24. The average Bonchev–Trinajstić information content (AvgIpc) is 2.43. The highest BCUT2D eigenvalue weighted by Gasteiger charge is 2.00. The highest BCUT2D eigenvalue weighted by atomic mass is 32.1. The van der Waals surface area contributed by atoms with Crippen LogP contribution >= 0.6 is 11.3 Å². The molecular weight excluding hydrogens is 175 g/mol. The molecule has 2 aromatic rings. The molecule has 0 amide bonds. The number of alkyl halides is 1. The molecule has 0 atom stereocenters. The molecule has 0 saturated heterocycles. The van der Waals surface area contributed by atoms with E-state index < -0.39 is 6.67 Å². The molecule has 2 N–H and O–H groups in total. The number of benzene rings is 1. The minimum atomic E-state index is -0.437. The van der Waals surface area contributed by atoms with E-state index in [2.05, 4.69) is 4.98 Å². The second-order valence-corrected chi connectivity index (χ2v) is 3.55. The number of hydrogen-bond acceptors (Lipinski definition) is 3. The molecule has 4 heteroatoms. The number of rotatable bonds is 1. The van der Waals surface area contributed by atoms with Gasteiger partial charge in [-0.05, 0) is 17.7 Å². The van der Waals surface area contributed by atoms with Gasteiger partial charge in [-0.2, -0.15) is 0 Å². The standard InChI is InChI=1S/C8H7FN2S/c9-4-5-1-2-6-7(3-5)12-8(10)11-6/h1-3H,4H2,(H2,10,11). The molecule has 1 aromatic heterocycles. The third-order valence-electron chi connectivity index (χ3n) is 1.62.